The molecular formula is C27H30Cl2N2O3. The fraction of sp³-hybridized carbons (Fsp3) is 0.296. The van der Waals surface area contributed by atoms with Gasteiger partial charge in [-0.1, -0.05) is 48.5 Å². The summed E-state index contributed by atoms with van der Waals surface area (Å²) in [7, 11) is 0. The van der Waals surface area contributed by atoms with Crippen molar-refractivity contribution in [1.82, 2.24) is 9.80 Å². The normalized spacial score (nSPS) is 14.5. The van der Waals surface area contributed by atoms with Gasteiger partial charge in [0.05, 0.1) is 12.0 Å². The highest BCUT2D eigenvalue weighted by atomic mass is 35.5. The van der Waals surface area contributed by atoms with E-state index in [4.69, 9.17) is 9.15 Å². The van der Waals surface area contributed by atoms with Crippen molar-refractivity contribution in [3.8, 4) is 5.75 Å². The van der Waals surface area contributed by atoms with E-state index in [0.29, 0.717) is 17.6 Å². The molecule has 7 heteroatoms. The number of ether oxygens (including phenoxy) is 1. The Kier molecular flexibility index (Phi) is 9.36. The van der Waals surface area contributed by atoms with Gasteiger partial charge in [-0.25, -0.2) is 4.79 Å². The second-order valence-corrected chi connectivity index (χ2v) is 8.40. The van der Waals surface area contributed by atoms with Crippen molar-refractivity contribution in [2.24, 2.45) is 0 Å². The smallest absolute Gasteiger partial charge is 0.344 e. The Hall–Kier alpha value is -2.57. The first-order valence-electron chi connectivity index (χ1n) is 11.3. The molecular weight excluding hydrogens is 471 g/mol. The third-order valence-electron chi connectivity index (χ3n) is 6.19. The van der Waals surface area contributed by atoms with Crippen LogP contribution in [-0.2, 0) is 6.54 Å². The van der Waals surface area contributed by atoms with Gasteiger partial charge < -0.3 is 14.1 Å². The lowest BCUT2D eigenvalue weighted by Crippen LogP contribution is -2.46. The maximum absolute atomic E-state index is 12.2. The summed E-state index contributed by atoms with van der Waals surface area (Å²) in [5.41, 5.74) is 1.64. The quantitative estimate of drug-likeness (QED) is 0.193. The van der Waals surface area contributed by atoms with E-state index >= 15 is 0 Å². The van der Waals surface area contributed by atoms with Crippen LogP contribution >= 0.6 is 24.8 Å². The zero-order chi connectivity index (χ0) is 21.8. The van der Waals surface area contributed by atoms with Crippen LogP contribution < -0.4 is 10.4 Å². The zero-order valence-corrected chi connectivity index (χ0v) is 20.7. The number of hydrogen-bond acceptors (Lipinski definition) is 5. The van der Waals surface area contributed by atoms with Gasteiger partial charge >= 0.3 is 5.63 Å². The van der Waals surface area contributed by atoms with Crippen LogP contribution in [0.4, 0.5) is 0 Å². The standard InChI is InChI=1S/C27H28N2O3.2ClH/c30-27-25-10-5-4-9-23(25)24-12-11-22(19-26(24)32-27)31-18-6-13-28-14-16-29(17-15-28)20-21-7-2-1-3-8-21;;/h1-5,7-12,19H,6,13-18,20H2;2*1H. The van der Waals surface area contributed by atoms with Gasteiger partial charge in [0.2, 0.25) is 0 Å². The molecule has 34 heavy (non-hydrogen) atoms. The summed E-state index contributed by atoms with van der Waals surface area (Å²) in [6.45, 7) is 7.12. The van der Waals surface area contributed by atoms with Crippen LogP contribution in [0.5, 0.6) is 5.75 Å². The van der Waals surface area contributed by atoms with Gasteiger partial charge in [-0.15, -0.1) is 24.8 Å². The van der Waals surface area contributed by atoms with Crippen LogP contribution in [0.25, 0.3) is 21.7 Å². The number of piperazine rings is 1. The van der Waals surface area contributed by atoms with E-state index in [1.807, 2.05) is 36.4 Å². The highest BCUT2D eigenvalue weighted by Gasteiger charge is 2.16. The molecule has 0 atom stereocenters. The van der Waals surface area contributed by atoms with Gasteiger partial charge in [0.1, 0.15) is 11.3 Å². The maximum atomic E-state index is 12.2. The van der Waals surface area contributed by atoms with Crippen molar-refractivity contribution in [2.45, 2.75) is 13.0 Å². The molecule has 0 radical (unpaired) electrons. The molecule has 0 bridgehead atoms. The number of rotatable bonds is 7. The summed E-state index contributed by atoms with van der Waals surface area (Å²) in [5, 5.41) is 2.45. The average molecular weight is 501 g/mol. The van der Waals surface area contributed by atoms with E-state index in [1.54, 1.807) is 6.07 Å². The van der Waals surface area contributed by atoms with Crippen molar-refractivity contribution in [2.75, 3.05) is 39.3 Å². The predicted octanol–water partition coefficient (Wildman–Crippen LogP) is 5.38. The number of nitrogens with zero attached hydrogens (tertiary/aromatic N) is 2. The lowest BCUT2D eigenvalue weighted by atomic mass is 10.1. The zero-order valence-electron chi connectivity index (χ0n) is 19.0. The molecule has 180 valence electrons. The number of fused-ring (bicyclic) bond motifs is 3. The van der Waals surface area contributed by atoms with Gasteiger partial charge in [-0.2, -0.15) is 0 Å². The number of halogens is 2. The molecule has 0 amide bonds. The predicted molar refractivity (Wildman–Crippen MR) is 143 cm³/mol. The van der Waals surface area contributed by atoms with Crippen molar-refractivity contribution >= 4 is 46.6 Å². The fourth-order valence-electron chi connectivity index (χ4n) is 4.44. The van der Waals surface area contributed by atoms with E-state index in [0.717, 1.165) is 62.2 Å². The first-order valence-corrected chi connectivity index (χ1v) is 11.3. The first-order chi connectivity index (χ1) is 15.8. The topological polar surface area (TPSA) is 45.9 Å². The van der Waals surface area contributed by atoms with Crippen LogP contribution in [0.2, 0.25) is 0 Å². The van der Waals surface area contributed by atoms with Crippen molar-refractivity contribution in [3.63, 3.8) is 0 Å². The molecule has 4 aromatic rings. The molecule has 1 fully saturated rings. The van der Waals surface area contributed by atoms with Crippen LogP contribution in [0, 0.1) is 0 Å². The van der Waals surface area contributed by atoms with Gasteiger partial charge in [-0.3, -0.25) is 4.90 Å². The van der Waals surface area contributed by atoms with Crippen LogP contribution in [-0.4, -0.2) is 49.1 Å². The van der Waals surface area contributed by atoms with Crippen molar-refractivity contribution < 1.29 is 9.15 Å². The second kappa shape index (κ2) is 12.2. The molecule has 1 aliphatic heterocycles. The van der Waals surface area contributed by atoms with E-state index in [1.165, 1.54) is 5.56 Å². The molecule has 0 aliphatic carbocycles. The third kappa shape index (κ3) is 6.10. The second-order valence-electron chi connectivity index (χ2n) is 8.40. The molecule has 5 rings (SSSR count). The Morgan fingerprint density at radius 3 is 2.21 bits per heavy atom. The van der Waals surface area contributed by atoms with E-state index in [2.05, 4.69) is 40.1 Å². The average Bonchev–Trinajstić information content (AvgIpc) is 2.84. The summed E-state index contributed by atoms with van der Waals surface area (Å²) >= 11 is 0. The van der Waals surface area contributed by atoms with E-state index < -0.39 is 0 Å². The van der Waals surface area contributed by atoms with Gasteiger partial charge in [0.15, 0.2) is 0 Å². The number of benzene rings is 3. The van der Waals surface area contributed by atoms with Crippen LogP contribution in [0.15, 0.2) is 82.0 Å². The molecule has 1 aliphatic rings. The molecule has 0 N–H and O–H groups in total. The lowest BCUT2D eigenvalue weighted by molar-refractivity contribution is 0.121. The Morgan fingerprint density at radius 2 is 1.44 bits per heavy atom. The number of hydrogen-bond donors (Lipinski definition) is 0. The fourth-order valence-corrected chi connectivity index (χ4v) is 4.44. The van der Waals surface area contributed by atoms with Crippen molar-refractivity contribution in [3.05, 3.63) is 88.8 Å². The van der Waals surface area contributed by atoms with Gasteiger partial charge in [0.25, 0.3) is 0 Å². The maximum Gasteiger partial charge on any atom is 0.344 e. The summed E-state index contributed by atoms with van der Waals surface area (Å²) < 4.78 is 11.5. The molecule has 1 saturated heterocycles. The van der Waals surface area contributed by atoms with Gasteiger partial charge in [0, 0.05) is 50.7 Å². The largest absolute Gasteiger partial charge is 0.493 e. The summed E-state index contributed by atoms with van der Waals surface area (Å²) in [5.74, 6) is 0.739. The van der Waals surface area contributed by atoms with Gasteiger partial charge in [-0.05, 0) is 35.6 Å². The van der Waals surface area contributed by atoms with Crippen LogP contribution in [0.1, 0.15) is 12.0 Å². The molecule has 3 aromatic carbocycles. The molecule has 1 aromatic heterocycles. The van der Waals surface area contributed by atoms with Crippen molar-refractivity contribution in [1.29, 1.82) is 0 Å². The molecule has 0 saturated carbocycles. The third-order valence-corrected chi connectivity index (χ3v) is 6.19. The van der Waals surface area contributed by atoms with Crippen LogP contribution in [0.3, 0.4) is 0 Å². The lowest BCUT2D eigenvalue weighted by Gasteiger charge is -2.34. The molecule has 0 unspecified atom stereocenters. The van der Waals surface area contributed by atoms with E-state index in [9.17, 15) is 4.79 Å². The minimum atomic E-state index is -0.309. The SMILES string of the molecule is Cl.Cl.O=c1oc2cc(OCCCN3CCN(Cc4ccccc4)CC3)ccc2c2ccccc12. The summed E-state index contributed by atoms with van der Waals surface area (Å²) in [6.07, 6.45) is 0.971. The minimum Gasteiger partial charge on any atom is -0.493 e. The summed E-state index contributed by atoms with van der Waals surface area (Å²) in [6, 6.07) is 24.0. The van der Waals surface area contributed by atoms with E-state index in [-0.39, 0.29) is 30.4 Å². The minimum absolute atomic E-state index is 0. The highest BCUT2D eigenvalue weighted by Crippen LogP contribution is 2.26. The Labute approximate surface area is 212 Å². The Bertz CT molecular complexity index is 1260. The Balaban J connectivity index is 0.00000162. The molecule has 2 heterocycles. The first kappa shape index (κ1) is 26.0. The summed E-state index contributed by atoms with van der Waals surface area (Å²) in [4.78, 5) is 17.3. The monoisotopic (exact) mass is 500 g/mol. The Morgan fingerprint density at radius 1 is 0.765 bits per heavy atom. The highest BCUT2D eigenvalue weighted by molar-refractivity contribution is 6.04. The molecule has 5 nitrogen and oxygen atoms in total. The molecule has 0 spiro atoms.